The van der Waals surface area contributed by atoms with E-state index < -0.39 is 17.6 Å². The largest absolute Gasteiger partial charge is 0.295 e. The van der Waals surface area contributed by atoms with Crippen molar-refractivity contribution < 1.29 is 79.5 Å². The van der Waals surface area contributed by atoms with E-state index in [0.717, 1.165) is 73.0 Å². The van der Waals surface area contributed by atoms with Gasteiger partial charge in [-0.05, 0) is 274 Å². The molecule has 0 unspecified atom stereocenters. The van der Waals surface area contributed by atoms with Gasteiger partial charge in [0.15, 0.2) is 75.2 Å². The van der Waals surface area contributed by atoms with Crippen molar-refractivity contribution in [1.82, 2.24) is 34.9 Å². The zero-order valence-electron chi connectivity index (χ0n) is 79.8. The van der Waals surface area contributed by atoms with Crippen molar-refractivity contribution in [2.45, 2.75) is 201 Å². The normalized spacial score (nSPS) is 9.68. The maximum atomic E-state index is 12.9. The molecule has 12 rings (SSSR count). The second-order valence-electron chi connectivity index (χ2n) is 30.7. The summed E-state index contributed by atoms with van der Waals surface area (Å²) in [5, 5.41) is 0. The van der Waals surface area contributed by atoms with Crippen LogP contribution in [-0.2, 0) is 0 Å². The van der Waals surface area contributed by atoms with Gasteiger partial charge >= 0.3 is 0 Å². The molecule has 130 heavy (non-hydrogen) atoms. The quantitative estimate of drug-likeness (QED) is 0.0623. The third kappa shape index (κ3) is 42.9. The van der Waals surface area contributed by atoms with Crippen LogP contribution in [-0.4, -0.2) is 104 Å². The maximum absolute atomic E-state index is 12.9. The summed E-state index contributed by atoms with van der Waals surface area (Å²) in [6.45, 7) is 49.7. The lowest BCUT2D eigenvalue weighted by Gasteiger charge is -2.01. The first-order valence-corrected chi connectivity index (χ1v) is 41.0. The highest BCUT2D eigenvalue weighted by atomic mass is 19.1. The monoisotopic (exact) mass is 1780 g/mol. The Balaban J connectivity index is 0.000000709. The molecular formula is C106H118F5N7O12. The number of benzene rings is 5. The zero-order chi connectivity index (χ0) is 99.4. The third-order valence-corrected chi connectivity index (χ3v) is 18.6. The second-order valence-corrected chi connectivity index (χ2v) is 30.7. The average molecular weight is 1780 g/mol. The fourth-order valence-corrected chi connectivity index (χ4v) is 10.3. The minimum absolute atomic E-state index is 0.0139. The molecule has 684 valence electrons. The van der Waals surface area contributed by atoms with Crippen molar-refractivity contribution in [2.75, 3.05) is 0 Å². The van der Waals surface area contributed by atoms with Gasteiger partial charge < -0.3 is 0 Å². The summed E-state index contributed by atoms with van der Waals surface area (Å²) in [4.78, 5) is 156. The lowest BCUT2D eigenvalue weighted by molar-refractivity contribution is 0.0996. The molecule has 24 heteroatoms. The van der Waals surface area contributed by atoms with Crippen LogP contribution in [0, 0.1) is 147 Å². The molecule has 5 aromatic carbocycles. The van der Waals surface area contributed by atoms with E-state index in [0.29, 0.717) is 50.6 Å². The molecule has 7 heterocycles. The molecule has 0 fully saturated rings. The molecule has 0 aliphatic carbocycles. The summed E-state index contributed by atoms with van der Waals surface area (Å²) in [7, 11) is 0. The molecule has 0 saturated carbocycles. The van der Waals surface area contributed by atoms with E-state index in [2.05, 4.69) is 34.9 Å². The number of carbonyl (C=O) groups is 12. The van der Waals surface area contributed by atoms with Gasteiger partial charge in [-0.15, -0.1) is 0 Å². The van der Waals surface area contributed by atoms with Crippen LogP contribution in [0.3, 0.4) is 0 Å². The van der Waals surface area contributed by atoms with Crippen molar-refractivity contribution in [3.63, 3.8) is 0 Å². The first-order valence-electron chi connectivity index (χ1n) is 41.0. The molecule has 0 atom stereocenters. The molecule has 0 saturated heterocycles. The fourth-order valence-electron chi connectivity index (χ4n) is 10.3. The van der Waals surface area contributed by atoms with Gasteiger partial charge in [0, 0.05) is 125 Å². The van der Waals surface area contributed by atoms with E-state index in [4.69, 9.17) is 0 Å². The van der Waals surface area contributed by atoms with Crippen LogP contribution < -0.4 is 0 Å². The standard InChI is InChI=1S/2C10H12O.2C9H9FO.3C9H11NO.C9H10O.3C8H8FNO.C8H9NO/c1-7-4-5-10(9(3)11)6-8(7)2;1-7-4-5-10(9(3)11)8(2)6-7;1-6-3-4-8(7(2)11)5-9(6)10;1-6-3-4-8(7(2)11)9(10)5-6;1-6-4-9(8(3)11)10-5-7(6)2;1-6-4-7(2)9(8(3)11)10-5-6;1-6-4-5-9(8(3)11)10-7(6)2;1-7-3-5-9(6-4-7)8(2)10;1-5-4-10-8(6(2)11)3-7(5)9;1-5-3-7(9)8(6(2)11)10-4-5;1-5-3-4-7(6(2)11)10-8(5)9;1-6-3-4-8(7(2)10)9-5-6/h2*4-6H,1-3H3;2*3-5H,1-2H3;3*4-5H,1-3H3;3-6H,1-2H3;3*3-4H,1-2H3;3-5H,1-2H3. The predicted molar refractivity (Wildman–Crippen MR) is 502 cm³/mol. The molecular weight excluding hydrogens is 1660 g/mol. The number of aryl methyl sites for hydroxylation is 17. The molecule has 0 spiro atoms. The molecule has 0 N–H and O–H groups in total. The molecule has 7 aromatic heterocycles. The number of aromatic nitrogens is 7. The molecule has 0 aliphatic rings. The molecule has 0 amide bonds. The number of halogens is 5. The molecule has 0 aliphatic heterocycles. The number of ketones is 12. The second kappa shape index (κ2) is 56.8. The number of rotatable bonds is 12. The maximum Gasteiger partial charge on any atom is 0.216 e. The van der Waals surface area contributed by atoms with Gasteiger partial charge in [0.05, 0.1) is 5.56 Å². The third-order valence-electron chi connectivity index (χ3n) is 18.6. The lowest BCUT2D eigenvalue weighted by atomic mass is 10.0. The molecule has 0 bridgehead atoms. The summed E-state index contributed by atoms with van der Waals surface area (Å²) < 4.78 is 63.9. The van der Waals surface area contributed by atoms with Gasteiger partial charge in [-0.25, -0.2) is 32.5 Å². The van der Waals surface area contributed by atoms with E-state index in [1.54, 1.807) is 110 Å². The van der Waals surface area contributed by atoms with E-state index in [1.807, 2.05) is 168 Å². The number of nitrogens with zero attached hydrogens (tertiary/aromatic N) is 7. The van der Waals surface area contributed by atoms with Crippen LogP contribution in [0.15, 0.2) is 189 Å². The van der Waals surface area contributed by atoms with Crippen LogP contribution in [0.25, 0.3) is 0 Å². The van der Waals surface area contributed by atoms with Crippen LogP contribution in [0.1, 0.15) is 303 Å². The summed E-state index contributed by atoms with van der Waals surface area (Å²) in [6.07, 6.45) is 7.96. The number of pyridine rings is 7. The van der Waals surface area contributed by atoms with E-state index in [9.17, 15) is 79.5 Å². The zero-order valence-corrected chi connectivity index (χ0v) is 79.8. The summed E-state index contributed by atoms with van der Waals surface area (Å²) >= 11 is 0. The molecule has 19 nitrogen and oxygen atoms in total. The Morgan fingerprint density at radius 1 is 0.200 bits per heavy atom. The Kier molecular flexibility index (Phi) is 49.8. The van der Waals surface area contributed by atoms with Crippen molar-refractivity contribution >= 4 is 69.4 Å². The van der Waals surface area contributed by atoms with Crippen LogP contribution >= 0.6 is 0 Å². The highest BCUT2D eigenvalue weighted by Crippen LogP contribution is 2.17. The summed E-state index contributed by atoms with van der Waals surface area (Å²) in [5.74, 6) is -2.89. The average Bonchev–Trinajstić information content (AvgIpc) is 0.765. The van der Waals surface area contributed by atoms with E-state index in [1.165, 1.54) is 127 Å². The Hall–Kier alpha value is -14.2. The highest BCUT2D eigenvalue weighted by molar-refractivity contribution is 5.98. The smallest absolute Gasteiger partial charge is 0.216 e. The van der Waals surface area contributed by atoms with Crippen molar-refractivity contribution in [3.05, 3.63) is 380 Å². The van der Waals surface area contributed by atoms with Gasteiger partial charge in [0.1, 0.15) is 57.3 Å². The summed E-state index contributed by atoms with van der Waals surface area (Å²) in [6, 6.07) is 44.9. The van der Waals surface area contributed by atoms with Crippen molar-refractivity contribution in [3.8, 4) is 0 Å². The minimum Gasteiger partial charge on any atom is -0.295 e. The van der Waals surface area contributed by atoms with Gasteiger partial charge in [-0.3, -0.25) is 77.5 Å². The number of hydrogen-bond acceptors (Lipinski definition) is 19. The van der Waals surface area contributed by atoms with E-state index in [-0.39, 0.29) is 104 Å². The number of carbonyl (C=O) groups excluding carboxylic acids is 12. The Labute approximate surface area is 760 Å². The van der Waals surface area contributed by atoms with Gasteiger partial charge in [-0.1, -0.05) is 108 Å². The fraction of sp³-hybridized carbons (Fsp3) is 0.274. The summed E-state index contributed by atoms with van der Waals surface area (Å²) in [5.41, 5.74) is 21.8. The van der Waals surface area contributed by atoms with Crippen molar-refractivity contribution in [2.24, 2.45) is 0 Å². The Morgan fingerprint density at radius 2 is 0.569 bits per heavy atom. The molecule has 0 radical (unpaired) electrons. The number of Topliss-reactive ketones (excluding diaryl/α,β-unsaturated/α-hetero) is 12. The van der Waals surface area contributed by atoms with Gasteiger partial charge in [0.25, 0.3) is 0 Å². The number of hydrogen-bond donors (Lipinski definition) is 0. The van der Waals surface area contributed by atoms with Crippen LogP contribution in [0.5, 0.6) is 0 Å². The lowest BCUT2D eigenvalue weighted by Crippen LogP contribution is -2.00. The SMILES string of the molecule is CC(=O)c1cc(C)c(C)cn1.CC(=O)c1cc(F)c(C)cn1.CC(=O)c1ccc(C)c(C)c1.CC(=O)c1ccc(C)c(C)n1.CC(=O)c1ccc(C)c(F)c1.CC(=O)c1ccc(C)c(F)n1.CC(=O)c1ccc(C)cc1.CC(=O)c1ccc(C)cc1C.CC(=O)c1ccc(C)cc1F.CC(=O)c1ccc(C)cn1.CC(=O)c1ncc(C)cc1C.CC(=O)c1ncc(C)cc1F. The van der Waals surface area contributed by atoms with Crippen molar-refractivity contribution in [1.29, 1.82) is 0 Å². The van der Waals surface area contributed by atoms with Crippen LogP contribution in [0.2, 0.25) is 0 Å². The minimum atomic E-state index is -0.572. The van der Waals surface area contributed by atoms with Crippen LogP contribution in [0.4, 0.5) is 22.0 Å². The van der Waals surface area contributed by atoms with E-state index >= 15 is 0 Å². The molecule has 12 aromatic rings. The Morgan fingerprint density at radius 3 is 0.977 bits per heavy atom. The Bertz CT molecular complexity index is 5230. The predicted octanol–water partition coefficient (Wildman–Crippen LogP) is 24.4. The van der Waals surface area contributed by atoms with Gasteiger partial charge in [-0.2, -0.15) is 4.39 Å². The first-order chi connectivity index (χ1) is 60.5. The van der Waals surface area contributed by atoms with Gasteiger partial charge in [0.2, 0.25) is 5.95 Å². The first kappa shape index (κ1) is 114. The highest BCUT2D eigenvalue weighted by Gasteiger charge is 2.12. The topological polar surface area (TPSA) is 295 Å².